The number of hydrogen-bond acceptors (Lipinski definition) is 1. The van der Waals surface area contributed by atoms with Gasteiger partial charge in [0.05, 0.1) is 6.10 Å². The van der Waals surface area contributed by atoms with E-state index in [-0.39, 0.29) is 11.7 Å². The lowest BCUT2D eigenvalue weighted by molar-refractivity contribution is 0.142. The molecule has 0 spiro atoms. The zero-order valence-corrected chi connectivity index (χ0v) is 11.3. The van der Waals surface area contributed by atoms with Gasteiger partial charge in [-0.1, -0.05) is 49.4 Å². The van der Waals surface area contributed by atoms with E-state index in [1.807, 2.05) is 30.3 Å². The molecule has 2 aromatic carbocycles. The second-order valence-corrected chi connectivity index (χ2v) is 4.88. The summed E-state index contributed by atoms with van der Waals surface area (Å²) in [7, 11) is 0. The Balaban J connectivity index is 2.30. The lowest BCUT2D eigenvalue weighted by Gasteiger charge is -2.23. The summed E-state index contributed by atoms with van der Waals surface area (Å²) < 4.78 is 13.3. The molecule has 0 heterocycles. The quantitative estimate of drug-likeness (QED) is 0.863. The molecule has 0 aromatic heterocycles. The Hall–Kier alpha value is -1.67. The molecule has 0 amide bonds. The summed E-state index contributed by atoms with van der Waals surface area (Å²) in [5.41, 5.74) is 2.45. The van der Waals surface area contributed by atoms with Crippen LogP contribution in [-0.4, -0.2) is 5.11 Å². The van der Waals surface area contributed by atoms with Gasteiger partial charge in [0.15, 0.2) is 0 Å². The van der Waals surface area contributed by atoms with Crippen LogP contribution in [0, 0.1) is 12.7 Å². The molecule has 0 saturated carbocycles. The number of benzene rings is 2. The van der Waals surface area contributed by atoms with Gasteiger partial charge in [-0.3, -0.25) is 0 Å². The molecule has 0 aliphatic carbocycles. The monoisotopic (exact) mass is 258 g/mol. The summed E-state index contributed by atoms with van der Waals surface area (Å²) in [5, 5.41) is 10.5. The van der Waals surface area contributed by atoms with E-state index in [1.165, 1.54) is 6.07 Å². The highest BCUT2D eigenvalue weighted by atomic mass is 19.1. The molecular formula is C17H19FO. The summed E-state index contributed by atoms with van der Waals surface area (Å²) in [6, 6.07) is 14.8. The third kappa shape index (κ3) is 3.02. The van der Waals surface area contributed by atoms with Gasteiger partial charge in [0.25, 0.3) is 0 Å². The van der Waals surface area contributed by atoms with Gasteiger partial charge in [-0.25, -0.2) is 4.39 Å². The maximum Gasteiger partial charge on any atom is 0.126 e. The molecule has 2 atom stereocenters. The molecule has 1 nitrogen and oxygen atoms in total. The Morgan fingerprint density at radius 2 is 1.74 bits per heavy atom. The van der Waals surface area contributed by atoms with Gasteiger partial charge < -0.3 is 5.11 Å². The number of hydrogen-bond donors (Lipinski definition) is 1. The molecule has 19 heavy (non-hydrogen) atoms. The van der Waals surface area contributed by atoms with Crippen LogP contribution in [0.5, 0.6) is 0 Å². The van der Waals surface area contributed by atoms with Crippen molar-refractivity contribution in [1.82, 2.24) is 0 Å². The van der Waals surface area contributed by atoms with E-state index < -0.39 is 6.10 Å². The number of halogens is 1. The maximum atomic E-state index is 13.3. The van der Waals surface area contributed by atoms with Crippen LogP contribution in [0.15, 0.2) is 48.5 Å². The van der Waals surface area contributed by atoms with E-state index in [2.05, 4.69) is 6.92 Å². The molecule has 2 aromatic rings. The summed E-state index contributed by atoms with van der Waals surface area (Å²) in [5.74, 6) is -0.199. The van der Waals surface area contributed by atoms with Gasteiger partial charge in [0.1, 0.15) is 5.82 Å². The van der Waals surface area contributed by atoms with Crippen molar-refractivity contribution < 1.29 is 9.50 Å². The fourth-order valence-corrected chi connectivity index (χ4v) is 2.43. The third-order valence-electron chi connectivity index (χ3n) is 3.57. The van der Waals surface area contributed by atoms with Crippen LogP contribution >= 0.6 is 0 Å². The van der Waals surface area contributed by atoms with Crippen molar-refractivity contribution in [3.8, 4) is 0 Å². The highest BCUT2D eigenvalue weighted by Gasteiger charge is 2.21. The van der Waals surface area contributed by atoms with Crippen molar-refractivity contribution in [2.45, 2.75) is 32.3 Å². The van der Waals surface area contributed by atoms with Gasteiger partial charge in [-0.05, 0) is 36.1 Å². The number of rotatable bonds is 4. The smallest absolute Gasteiger partial charge is 0.126 e. The highest BCUT2D eigenvalue weighted by molar-refractivity contribution is 5.30. The topological polar surface area (TPSA) is 20.2 Å². The molecule has 2 heteroatoms. The molecule has 0 saturated heterocycles. The minimum Gasteiger partial charge on any atom is -0.388 e. The first kappa shape index (κ1) is 13.8. The van der Waals surface area contributed by atoms with Crippen molar-refractivity contribution in [2.75, 3.05) is 0 Å². The number of aliphatic hydroxyl groups is 1. The number of aryl methyl sites for hydroxylation is 1. The van der Waals surface area contributed by atoms with Crippen LogP contribution in [-0.2, 0) is 0 Å². The normalized spacial score (nSPS) is 14.1. The van der Waals surface area contributed by atoms with Gasteiger partial charge in [0.2, 0.25) is 0 Å². The predicted octanol–water partition coefficient (Wildman–Crippen LogP) is 4.36. The average molecular weight is 258 g/mol. The van der Waals surface area contributed by atoms with Crippen molar-refractivity contribution in [3.63, 3.8) is 0 Å². The van der Waals surface area contributed by atoms with Crippen LogP contribution < -0.4 is 0 Å². The Bertz CT molecular complexity index is 536. The second-order valence-electron chi connectivity index (χ2n) is 4.88. The van der Waals surface area contributed by atoms with Gasteiger partial charge >= 0.3 is 0 Å². The van der Waals surface area contributed by atoms with Gasteiger partial charge in [-0.15, -0.1) is 0 Å². The van der Waals surface area contributed by atoms with E-state index in [1.54, 1.807) is 19.1 Å². The van der Waals surface area contributed by atoms with Crippen LogP contribution in [0.3, 0.4) is 0 Å². The van der Waals surface area contributed by atoms with E-state index in [0.717, 1.165) is 17.5 Å². The molecule has 1 N–H and O–H groups in total. The second kappa shape index (κ2) is 5.98. The first-order valence-corrected chi connectivity index (χ1v) is 6.62. The molecular weight excluding hydrogens is 239 g/mol. The standard InChI is InChI=1S/C17H19FO/c1-3-15(13-7-5-4-6-8-13)17(19)14-9-10-16(18)12(2)11-14/h4-11,15,17,19H,3H2,1-2H3. The summed E-state index contributed by atoms with van der Waals surface area (Å²) in [6.07, 6.45) is 0.230. The fraction of sp³-hybridized carbons (Fsp3) is 0.294. The fourth-order valence-electron chi connectivity index (χ4n) is 2.43. The van der Waals surface area contributed by atoms with Crippen LogP contribution in [0.1, 0.15) is 42.1 Å². The van der Waals surface area contributed by atoms with Crippen molar-refractivity contribution >= 4 is 0 Å². The van der Waals surface area contributed by atoms with Gasteiger partial charge in [-0.2, -0.15) is 0 Å². The molecule has 2 rings (SSSR count). The van der Waals surface area contributed by atoms with Crippen molar-refractivity contribution in [2.24, 2.45) is 0 Å². The first-order chi connectivity index (χ1) is 9.13. The maximum absolute atomic E-state index is 13.3. The number of aliphatic hydroxyl groups excluding tert-OH is 1. The zero-order valence-electron chi connectivity index (χ0n) is 11.3. The van der Waals surface area contributed by atoms with Crippen LogP contribution in [0.2, 0.25) is 0 Å². The van der Waals surface area contributed by atoms with E-state index in [0.29, 0.717) is 5.56 Å². The summed E-state index contributed by atoms with van der Waals surface area (Å²) in [4.78, 5) is 0. The Morgan fingerprint density at radius 1 is 1.05 bits per heavy atom. The molecule has 0 radical (unpaired) electrons. The summed E-state index contributed by atoms with van der Waals surface area (Å²) >= 11 is 0. The summed E-state index contributed by atoms with van der Waals surface area (Å²) in [6.45, 7) is 3.77. The van der Waals surface area contributed by atoms with E-state index >= 15 is 0 Å². The highest BCUT2D eigenvalue weighted by Crippen LogP contribution is 2.33. The largest absolute Gasteiger partial charge is 0.388 e. The Kier molecular flexibility index (Phi) is 4.33. The first-order valence-electron chi connectivity index (χ1n) is 6.62. The molecule has 0 aliphatic heterocycles. The van der Waals surface area contributed by atoms with Crippen LogP contribution in [0.25, 0.3) is 0 Å². The lowest BCUT2D eigenvalue weighted by Crippen LogP contribution is -2.10. The zero-order chi connectivity index (χ0) is 13.8. The minimum atomic E-state index is -0.605. The van der Waals surface area contributed by atoms with E-state index in [9.17, 15) is 9.50 Å². The molecule has 2 unspecified atom stereocenters. The SMILES string of the molecule is CCC(c1ccccc1)C(O)c1ccc(F)c(C)c1. The Labute approximate surface area is 113 Å². The van der Waals surface area contributed by atoms with Crippen LogP contribution in [0.4, 0.5) is 4.39 Å². The lowest BCUT2D eigenvalue weighted by atomic mass is 9.87. The minimum absolute atomic E-state index is 0.0334. The molecule has 0 fully saturated rings. The van der Waals surface area contributed by atoms with E-state index in [4.69, 9.17) is 0 Å². The van der Waals surface area contributed by atoms with Crippen molar-refractivity contribution in [3.05, 3.63) is 71.0 Å². The van der Waals surface area contributed by atoms with Crippen molar-refractivity contribution in [1.29, 1.82) is 0 Å². The third-order valence-corrected chi connectivity index (χ3v) is 3.57. The average Bonchev–Trinajstić information content (AvgIpc) is 2.44. The molecule has 0 bridgehead atoms. The molecule has 0 aliphatic rings. The Morgan fingerprint density at radius 3 is 2.32 bits per heavy atom. The predicted molar refractivity (Wildman–Crippen MR) is 75.6 cm³/mol. The van der Waals surface area contributed by atoms with Gasteiger partial charge in [0, 0.05) is 5.92 Å². The molecule has 100 valence electrons.